The van der Waals surface area contributed by atoms with Crippen LogP contribution in [0.3, 0.4) is 0 Å². The molecule has 8 heteroatoms. The molecule has 12 atom stereocenters. The highest BCUT2D eigenvalue weighted by atomic mass is 16.7. The van der Waals surface area contributed by atoms with E-state index in [0.717, 1.165) is 51.4 Å². The molecule has 12 unspecified atom stereocenters. The fourth-order valence-corrected chi connectivity index (χ4v) is 11.7. The first kappa shape index (κ1) is 36.1. The van der Waals surface area contributed by atoms with Gasteiger partial charge < -0.3 is 29.2 Å². The van der Waals surface area contributed by atoms with E-state index >= 15 is 0 Å². The first-order chi connectivity index (χ1) is 21.9. The van der Waals surface area contributed by atoms with Crippen LogP contribution in [-0.2, 0) is 23.7 Å². The van der Waals surface area contributed by atoms with Crippen LogP contribution < -0.4 is 0 Å². The molecule has 0 aromatic heterocycles. The minimum atomic E-state index is -1.28. The molecule has 0 radical (unpaired) electrons. The molecule has 5 rings (SSSR count). The molecule has 8 nitrogen and oxygen atoms in total. The van der Waals surface area contributed by atoms with Crippen LogP contribution in [0.2, 0.25) is 0 Å². The molecule has 5 fully saturated rings. The molecule has 47 heavy (non-hydrogen) atoms. The van der Waals surface area contributed by atoms with Gasteiger partial charge in [0.15, 0.2) is 6.10 Å². The lowest BCUT2D eigenvalue weighted by atomic mass is 9.39. The number of rotatable bonds is 7. The minimum Gasteiger partial charge on any atom is -0.457 e. The van der Waals surface area contributed by atoms with E-state index < -0.39 is 42.1 Å². The Morgan fingerprint density at radius 1 is 1.06 bits per heavy atom. The van der Waals surface area contributed by atoms with Crippen LogP contribution in [0.5, 0.6) is 0 Å². The topological polar surface area (TPSA) is 112 Å². The maximum atomic E-state index is 12.9. The Balaban J connectivity index is 1.40. The third-order valence-corrected chi connectivity index (χ3v) is 14.1. The summed E-state index contributed by atoms with van der Waals surface area (Å²) in [5.74, 6) is 0.950. The fourth-order valence-electron chi connectivity index (χ4n) is 11.7. The zero-order valence-corrected chi connectivity index (χ0v) is 30.1. The van der Waals surface area contributed by atoms with Crippen molar-refractivity contribution in [3.8, 4) is 0 Å². The summed E-state index contributed by atoms with van der Waals surface area (Å²) in [6.07, 6.45) is 9.85. The first-order valence-electron chi connectivity index (χ1n) is 17.9. The van der Waals surface area contributed by atoms with Gasteiger partial charge in [0.25, 0.3) is 0 Å². The van der Waals surface area contributed by atoms with E-state index in [1.165, 1.54) is 13.0 Å². The molecule has 0 aromatic carbocycles. The van der Waals surface area contributed by atoms with E-state index in [4.69, 9.17) is 18.9 Å². The number of hydrogen-bond donors (Lipinski definition) is 2. The second-order valence-corrected chi connectivity index (χ2v) is 17.3. The van der Waals surface area contributed by atoms with Crippen molar-refractivity contribution in [2.24, 2.45) is 45.3 Å². The van der Waals surface area contributed by atoms with Gasteiger partial charge in [-0.2, -0.15) is 0 Å². The summed E-state index contributed by atoms with van der Waals surface area (Å²) in [6, 6.07) is 0. The van der Waals surface area contributed by atoms with Gasteiger partial charge in [-0.25, -0.2) is 4.79 Å². The van der Waals surface area contributed by atoms with Gasteiger partial charge in [-0.05, 0) is 118 Å². The number of allylic oxidation sites excluding steroid dienone is 3. The molecular weight excluding hydrogens is 596 g/mol. The minimum absolute atomic E-state index is 0.0904. The van der Waals surface area contributed by atoms with E-state index in [9.17, 15) is 19.8 Å². The Kier molecular flexibility index (Phi) is 9.70. The van der Waals surface area contributed by atoms with Gasteiger partial charge in [-0.1, -0.05) is 53.9 Å². The fraction of sp³-hybridized carbons (Fsp3) is 0.795. The second kappa shape index (κ2) is 12.6. The maximum Gasteiger partial charge on any atom is 0.514 e. The number of aliphatic hydroxyl groups is 2. The lowest BCUT2D eigenvalue weighted by Gasteiger charge is -2.66. The van der Waals surface area contributed by atoms with Crippen molar-refractivity contribution >= 4 is 12.1 Å². The summed E-state index contributed by atoms with van der Waals surface area (Å²) in [5.41, 5.74) is -1.92. The number of aliphatic hydroxyl groups excluding tert-OH is 1. The molecule has 4 aliphatic carbocycles. The molecule has 1 heterocycles. The smallest absolute Gasteiger partial charge is 0.457 e. The molecule has 264 valence electrons. The summed E-state index contributed by atoms with van der Waals surface area (Å²) < 4.78 is 23.9. The van der Waals surface area contributed by atoms with E-state index in [-0.39, 0.29) is 39.6 Å². The van der Waals surface area contributed by atoms with Crippen LogP contribution >= 0.6 is 0 Å². The zero-order valence-electron chi connectivity index (χ0n) is 30.1. The lowest BCUT2D eigenvalue weighted by molar-refractivity contribution is -0.216. The van der Waals surface area contributed by atoms with Crippen molar-refractivity contribution < 1.29 is 38.7 Å². The van der Waals surface area contributed by atoms with E-state index in [1.54, 1.807) is 26.0 Å². The average Bonchev–Trinajstić information content (AvgIpc) is 3.16. The highest BCUT2D eigenvalue weighted by molar-refractivity contribution is 5.66. The van der Waals surface area contributed by atoms with Crippen molar-refractivity contribution in [1.82, 2.24) is 0 Å². The zero-order chi connectivity index (χ0) is 34.7. The van der Waals surface area contributed by atoms with Crippen LogP contribution in [0.4, 0.5) is 4.79 Å². The Hall–Kier alpha value is -2.16. The lowest BCUT2D eigenvalue weighted by Crippen LogP contribution is -2.61. The summed E-state index contributed by atoms with van der Waals surface area (Å²) in [7, 11) is 0. The number of esters is 1. The number of ether oxygens (including phenoxy) is 4. The molecular formula is C39H60O8. The first-order valence-corrected chi connectivity index (χ1v) is 17.9. The van der Waals surface area contributed by atoms with Crippen molar-refractivity contribution in [2.45, 2.75) is 149 Å². The number of carbonyl (C=O) groups is 2. The Labute approximate surface area is 282 Å². The van der Waals surface area contributed by atoms with Crippen LogP contribution in [0.1, 0.15) is 113 Å². The van der Waals surface area contributed by atoms with Gasteiger partial charge in [0, 0.05) is 17.8 Å². The monoisotopic (exact) mass is 656 g/mol. The third-order valence-electron chi connectivity index (χ3n) is 14.1. The molecule has 1 spiro atoms. The summed E-state index contributed by atoms with van der Waals surface area (Å²) in [6.45, 7) is 23.5. The van der Waals surface area contributed by atoms with Gasteiger partial charge >= 0.3 is 12.1 Å². The quantitative estimate of drug-likeness (QED) is 0.163. The summed E-state index contributed by atoms with van der Waals surface area (Å²) in [4.78, 5) is 24.9. The van der Waals surface area contributed by atoms with E-state index in [2.05, 4.69) is 47.8 Å². The van der Waals surface area contributed by atoms with Crippen molar-refractivity contribution in [3.63, 3.8) is 0 Å². The van der Waals surface area contributed by atoms with Crippen LogP contribution in [-0.4, -0.2) is 58.5 Å². The Morgan fingerprint density at radius 3 is 2.38 bits per heavy atom. The average molecular weight is 657 g/mol. The number of carbonyl (C=O) groups excluding carboxylic acids is 2. The van der Waals surface area contributed by atoms with Gasteiger partial charge in [-0.3, -0.25) is 4.79 Å². The molecule has 1 aliphatic heterocycles. The SMILES string of the molecule is C=CC=C(C=C)OC(=O)OC1CCCC23CCC4(C)C5C(C)CC(C(OC(C)=O)C(C)(C)O)OC5C(O)C4(C)C2CCC(C3)C1(C)C. The summed E-state index contributed by atoms with van der Waals surface area (Å²) >= 11 is 0. The van der Waals surface area contributed by atoms with Gasteiger partial charge in [0.05, 0.1) is 23.9 Å². The van der Waals surface area contributed by atoms with Gasteiger partial charge in [-0.15, -0.1) is 0 Å². The van der Waals surface area contributed by atoms with Gasteiger partial charge in [0.1, 0.15) is 11.9 Å². The Bertz CT molecular complexity index is 1260. The summed E-state index contributed by atoms with van der Waals surface area (Å²) in [5, 5.41) is 23.5. The van der Waals surface area contributed by atoms with Crippen LogP contribution in [0, 0.1) is 45.3 Å². The Morgan fingerprint density at radius 2 is 1.77 bits per heavy atom. The van der Waals surface area contributed by atoms with Crippen LogP contribution in [0.15, 0.2) is 37.1 Å². The maximum absolute atomic E-state index is 12.9. The molecule has 0 amide bonds. The van der Waals surface area contributed by atoms with Crippen molar-refractivity contribution in [2.75, 3.05) is 0 Å². The van der Waals surface area contributed by atoms with Gasteiger partial charge in [0.2, 0.25) is 0 Å². The molecule has 1 saturated heterocycles. The van der Waals surface area contributed by atoms with Crippen molar-refractivity contribution in [1.29, 1.82) is 0 Å². The number of hydrogen-bond acceptors (Lipinski definition) is 8. The molecule has 5 aliphatic rings. The second-order valence-electron chi connectivity index (χ2n) is 17.3. The molecule has 4 saturated carbocycles. The standard InChI is InChI=1S/C39H60O8/c1-11-14-26(12-2)45-34(42)47-29-15-13-18-39-20-19-37(9)30-23(3)21-27(33(36(7,8)43)44-24(4)40)46-31(30)32(41)38(37,10)28(39)17-16-25(22-39)35(29,5)6/h11-12,14,23,25,27-33,41,43H,1-2,13,15-22H2,3-10H3. The van der Waals surface area contributed by atoms with E-state index in [1.807, 2.05) is 0 Å². The highest BCUT2D eigenvalue weighted by Gasteiger charge is 2.74. The normalized spacial score (nSPS) is 43.5. The van der Waals surface area contributed by atoms with Crippen molar-refractivity contribution in [3.05, 3.63) is 37.1 Å². The molecule has 2 bridgehead atoms. The molecule has 0 aromatic rings. The largest absolute Gasteiger partial charge is 0.514 e. The van der Waals surface area contributed by atoms with E-state index in [0.29, 0.717) is 24.0 Å². The highest BCUT2D eigenvalue weighted by Crippen LogP contribution is 2.76. The predicted molar refractivity (Wildman–Crippen MR) is 180 cm³/mol. The molecule has 2 N–H and O–H groups in total. The number of fused-ring (bicyclic) bond motifs is 5. The third kappa shape index (κ3) is 5.92. The van der Waals surface area contributed by atoms with Crippen LogP contribution in [0.25, 0.3) is 0 Å². The predicted octanol–water partition coefficient (Wildman–Crippen LogP) is 7.67.